The molecule has 20 heavy (non-hydrogen) atoms. The first kappa shape index (κ1) is 13.1. The number of rotatable bonds is 3. The molecule has 3 nitrogen and oxygen atoms in total. The summed E-state index contributed by atoms with van der Waals surface area (Å²) in [5, 5.41) is 1.08. The standard InChI is InChI=1S/C17H20N2O/c1-12(2)10-17(3)11-19(16(17)20)14-8-4-6-13-7-5-9-18-15(13)14/h4-9,12H,10-11H2,1-3H3. The summed E-state index contributed by atoms with van der Waals surface area (Å²) in [4.78, 5) is 18.9. The van der Waals surface area contributed by atoms with Crippen LogP contribution in [0.25, 0.3) is 10.9 Å². The topological polar surface area (TPSA) is 33.2 Å². The van der Waals surface area contributed by atoms with E-state index in [-0.39, 0.29) is 11.3 Å². The van der Waals surface area contributed by atoms with Gasteiger partial charge < -0.3 is 4.90 Å². The third-order valence-corrected chi connectivity index (χ3v) is 4.03. The SMILES string of the molecule is CC(C)CC1(C)CN(c2cccc3cccnc23)C1=O. The fourth-order valence-corrected chi connectivity index (χ4v) is 3.28. The van der Waals surface area contributed by atoms with Crippen LogP contribution in [-0.4, -0.2) is 17.4 Å². The first-order valence-electron chi connectivity index (χ1n) is 7.17. The van der Waals surface area contributed by atoms with Gasteiger partial charge in [-0.2, -0.15) is 0 Å². The van der Waals surface area contributed by atoms with Crippen LogP contribution in [0.15, 0.2) is 36.5 Å². The van der Waals surface area contributed by atoms with Gasteiger partial charge in [0.2, 0.25) is 5.91 Å². The van der Waals surface area contributed by atoms with Crippen molar-refractivity contribution in [2.45, 2.75) is 27.2 Å². The van der Waals surface area contributed by atoms with Gasteiger partial charge in [-0.1, -0.05) is 32.0 Å². The number of hydrogen-bond acceptors (Lipinski definition) is 2. The minimum absolute atomic E-state index is 0.203. The maximum Gasteiger partial charge on any atom is 0.234 e. The maximum atomic E-state index is 12.6. The Morgan fingerprint density at radius 2 is 2.05 bits per heavy atom. The zero-order valence-corrected chi connectivity index (χ0v) is 12.3. The molecule has 0 N–H and O–H groups in total. The van der Waals surface area contributed by atoms with Gasteiger partial charge in [-0.15, -0.1) is 0 Å². The van der Waals surface area contributed by atoms with Crippen LogP contribution < -0.4 is 4.90 Å². The van der Waals surface area contributed by atoms with Gasteiger partial charge in [-0.05, 0) is 31.4 Å². The summed E-state index contributed by atoms with van der Waals surface area (Å²) in [5.41, 5.74) is 1.65. The molecule has 1 amide bonds. The van der Waals surface area contributed by atoms with Crippen LogP contribution in [0.4, 0.5) is 5.69 Å². The van der Waals surface area contributed by atoms with Crippen molar-refractivity contribution in [2.75, 3.05) is 11.4 Å². The molecule has 1 aromatic carbocycles. The molecule has 1 fully saturated rings. The Bertz CT molecular complexity index is 660. The molecule has 104 valence electrons. The average Bonchev–Trinajstić information content (AvgIpc) is 2.43. The van der Waals surface area contributed by atoms with E-state index in [1.807, 2.05) is 35.2 Å². The molecule has 0 spiro atoms. The molecule has 0 radical (unpaired) electrons. The summed E-state index contributed by atoms with van der Waals surface area (Å²) in [7, 11) is 0. The van der Waals surface area contributed by atoms with Gasteiger partial charge in [-0.3, -0.25) is 9.78 Å². The average molecular weight is 268 g/mol. The Morgan fingerprint density at radius 1 is 1.30 bits per heavy atom. The van der Waals surface area contributed by atoms with Gasteiger partial charge in [-0.25, -0.2) is 0 Å². The molecule has 2 aromatic rings. The number of amides is 1. The Balaban J connectivity index is 1.93. The largest absolute Gasteiger partial charge is 0.309 e. The number of nitrogens with zero attached hydrogens (tertiary/aromatic N) is 2. The third kappa shape index (κ3) is 1.98. The van der Waals surface area contributed by atoms with E-state index in [9.17, 15) is 4.79 Å². The summed E-state index contributed by atoms with van der Waals surface area (Å²) >= 11 is 0. The van der Waals surface area contributed by atoms with Crippen molar-refractivity contribution in [3.63, 3.8) is 0 Å². The number of anilines is 1. The second-order valence-corrected chi connectivity index (χ2v) is 6.40. The third-order valence-electron chi connectivity index (χ3n) is 4.03. The summed E-state index contributed by atoms with van der Waals surface area (Å²) in [5.74, 6) is 0.765. The smallest absolute Gasteiger partial charge is 0.234 e. The van der Waals surface area contributed by atoms with Crippen LogP contribution in [0.3, 0.4) is 0 Å². The lowest BCUT2D eigenvalue weighted by atomic mass is 9.74. The number of carbonyl (C=O) groups excluding carboxylic acids is 1. The number of benzene rings is 1. The summed E-state index contributed by atoms with van der Waals surface area (Å²) in [6, 6.07) is 9.96. The number of carbonyl (C=O) groups is 1. The van der Waals surface area contributed by atoms with Crippen molar-refractivity contribution >= 4 is 22.5 Å². The van der Waals surface area contributed by atoms with Gasteiger partial charge in [0.25, 0.3) is 0 Å². The quantitative estimate of drug-likeness (QED) is 0.796. The monoisotopic (exact) mass is 268 g/mol. The van der Waals surface area contributed by atoms with Crippen LogP contribution in [0.2, 0.25) is 0 Å². The number of para-hydroxylation sites is 1. The van der Waals surface area contributed by atoms with Gasteiger partial charge in [0, 0.05) is 18.1 Å². The predicted octanol–water partition coefficient (Wildman–Crippen LogP) is 3.63. The Hall–Kier alpha value is -1.90. The van der Waals surface area contributed by atoms with Gasteiger partial charge >= 0.3 is 0 Å². The molecule has 1 atom stereocenters. The highest BCUT2D eigenvalue weighted by Crippen LogP contribution is 2.42. The van der Waals surface area contributed by atoms with Crippen LogP contribution in [0.1, 0.15) is 27.2 Å². The molecule has 3 heteroatoms. The molecular formula is C17H20N2O. The van der Waals surface area contributed by atoms with E-state index >= 15 is 0 Å². The van der Waals surface area contributed by atoms with E-state index in [0.717, 1.165) is 29.6 Å². The summed E-state index contributed by atoms with van der Waals surface area (Å²) in [6.07, 6.45) is 2.73. The van der Waals surface area contributed by atoms with Gasteiger partial charge in [0.05, 0.1) is 16.6 Å². The Kier molecular flexibility index (Phi) is 3.00. The molecule has 0 aliphatic carbocycles. The highest BCUT2D eigenvalue weighted by molar-refractivity contribution is 6.09. The van der Waals surface area contributed by atoms with E-state index in [0.29, 0.717) is 5.92 Å². The number of hydrogen-bond donors (Lipinski definition) is 0. The lowest BCUT2D eigenvalue weighted by Crippen LogP contribution is -2.60. The highest BCUT2D eigenvalue weighted by Gasteiger charge is 2.49. The highest BCUT2D eigenvalue weighted by atomic mass is 16.2. The van der Waals surface area contributed by atoms with Crippen molar-refractivity contribution in [2.24, 2.45) is 11.3 Å². The minimum atomic E-state index is -0.203. The lowest BCUT2D eigenvalue weighted by molar-refractivity contribution is -0.135. The molecule has 2 heterocycles. The van der Waals surface area contributed by atoms with E-state index in [1.54, 1.807) is 6.20 Å². The second kappa shape index (κ2) is 4.58. The number of fused-ring (bicyclic) bond motifs is 1. The van der Waals surface area contributed by atoms with Crippen molar-refractivity contribution in [1.82, 2.24) is 4.98 Å². The van der Waals surface area contributed by atoms with Crippen molar-refractivity contribution in [1.29, 1.82) is 0 Å². The Morgan fingerprint density at radius 3 is 2.75 bits per heavy atom. The number of aromatic nitrogens is 1. The van der Waals surface area contributed by atoms with Crippen LogP contribution in [-0.2, 0) is 4.79 Å². The number of pyridine rings is 1. The second-order valence-electron chi connectivity index (χ2n) is 6.40. The van der Waals surface area contributed by atoms with Crippen molar-refractivity contribution in [3.05, 3.63) is 36.5 Å². The maximum absolute atomic E-state index is 12.6. The first-order valence-corrected chi connectivity index (χ1v) is 7.17. The first-order chi connectivity index (χ1) is 9.51. The fourth-order valence-electron chi connectivity index (χ4n) is 3.28. The molecule has 1 saturated heterocycles. The van der Waals surface area contributed by atoms with Crippen LogP contribution >= 0.6 is 0 Å². The molecule has 1 aliphatic rings. The molecule has 3 rings (SSSR count). The summed E-state index contributed by atoms with van der Waals surface area (Å²) < 4.78 is 0. The molecule has 0 bridgehead atoms. The molecule has 0 saturated carbocycles. The Labute approximate surface area is 119 Å². The van der Waals surface area contributed by atoms with Gasteiger partial charge in [0.1, 0.15) is 0 Å². The molecule has 1 unspecified atom stereocenters. The minimum Gasteiger partial charge on any atom is -0.309 e. The van der Waals surface area contributed by atoms with Crippen molar-refractivity contribution < 1.29 is 4.79 Å². The van der Waals surface area contributed by atoms with Gasteiger partial charge in [0.15, 0.2) is 0 Å². The predicted molar refractivity (Wildman–Crippen MR) is 81.7 cm³/mol. The lowest BCUT2D eigenvalue weighted by Gasteiger charge is -2.47. The zero-order valence-electron chi connectivity index (χ0n) is 12.3. The van der Waals surface area contributed by atoms with E-state index in [4.69, 9.17) is 0 Å². The van der Waals surface area contributed by atoms with Crippen LogP contribution in [0, 0.1) is 11.3 Å². The van der Waals surface area contributed by atoms with E-state index < -0.39 is 0 Å². The molecule has 1 aromatic heterocycles. The molecule has 1 aliphatic heterocycles. The summed E-state index contributed by atoms with van der Waals surface area (Å²) in [6.45, 7) is 7.20. The normalized spacial score (nSPS) is 22.4. The molecular weight excluding hydrogens is 248 g/mol. The van der Waals surface area contributed by atoms with Crippen LogP contribution in [0.5, 0.6) is 0 Å². The fraction of sp³-hybridized carbons (Fsp3) is 0.412. The van der Waals surface area contributed by atoms with Crippen molar-refractivity contribution in [3.8, 4) is 0 Å². The number of β-lactam (4-membered cyclic amide) rings is 1. The zero-order chi connectivity index (χ0) is 14.3. The van der Waals surface area contributed by atoms with E-state index in [1.165, 1.54) is 0 Å². The van der Waals surface area contributed by atoms with E-state index in [2.05, 4.69) is 25.8 Å².